The Kier molecular flexibility index (Phi) is 4.49. The minimum atomic E-state index is -1.07. The number of methoxy groups -OCH3 is 1. The number of aromatic nitrogens is 2. The Morgan fingerprint density at radius 2 is 1.93 bits per heavy atom. The molecule has 1 N–H and O–H groups in total. The number of pyridine rings is 1. The summed E-state index contributed by atoms with van der Waals surface area (Å²) in [7, 11) is 1.25. The van der Waals surface area contributed by atoms with E-state index in [1.165, 1.54) is 23.6 Å². The number of hydrogen-bond acceptors (Lipinski definition) is 5. The minimum Gasteiger partial charge on any atom is -0.494 e. The molecule has 1 fully saturated rings. The van der Waals surface area contributed by atoms with Gasteiger partial charge in [0.2, 0.25) is 5.82 Å². The van der Waals surface area contributed by atoms with Crippen LogP contribution in [0.3, 0.4) is 0 Å². The van der Waals surface area contributed by atoms with Crippen molar-refractivity contribution in [3.8, 4) is 17.0 Å². The van der Waals surface area contributed by atoms with Gasteiger partial charge >= 0.3 is 0 Å². The molecule has 140 valence electrons. The summed E-state index contributed by atoms with van der Waals surface area (Å²) in [6.07, 6.45) is 1.76. The third-order valence-corrected chi connectivity index (χ3v) is 4.64. The molecule has 0 amide bonds. The largest absolute Gasteiger partial charge is 0.494 e. The maximum absolute atomic E-state index is 13.8. The maximum atomic E-state index is 13.8. The monoisotopic (exact) mass is 372 g/mol. The first-order valence-corrected chi connectivity index (χ1v) is 8.59. The average molecular weight is 372 g/mol. The fourth-order valence-electron chi connectivity index (χ4n) is 3.21. The molecule has 2 aromatic heterocycles. The number of rotatable bonds is 3. The van der Waals surface area contributed by atoms with Gasteiger partial charge in [-0.05, 0) is 24.3 Å². The van der Waals surface area contributed by atoms with Gasteiger partial charge in [0.05, 0.1) is 18.5 Å². The van der Waals surface area contributed by atoms with E-state index in [1.54, 1.807) is 12.3 Å². The number of piperazine rings is 1. The van der Waals surface area contributed by atoms with Gasteiger partial charge in [-0.25, -0.2) is 9.37 Å². The van der Waals surface area contributed by atoms with Crippen molar-refractivity contribution in [3.05, 3.63) is 58.5 Å². The summed E-state index contributed by atoms with van der Waals surface area (Å²) in [5.74, 6) is -2.36. The van der Waals surface area contributed by atoms with Crippen molar-refractivity contribution in [2.45, 2.75) is 0 Å². The topological polar surface area (TPSA) is 58.9 Å². The van der Waals surface area contributed by atoms with E-state index in [4.69, 9.17) is 4.74 Å². The molecule has 0 radical (unpaired) electrons. The van der Waals surface area contributed by atoms with Crippen LogP contribution in [0.25, 0.3) is 16.9 Å². The zero-order valence-corrected chi connectivity index (χ0v) is 14.7. The second-order valence-electron chi connectivity index (χ2n) is 6.31. The molecule has 1 saturated heterocycles. The lowest BCUT2D eigenvalue weighted by atomic mass is 10.1. The van der Waals surface area contributed by atoms with E-state index in [9.17, 15) is 13.6 Å². The van der Waals surface area contributed by atoms with E-state index in [2.05, 4.69) is 15.2 Å². The van der Waals surface area contributed by atoms with Gasteiger partial charge in [-0.15, -0.1) is 0 Å². The van der Waals surface area contributed by atoms with Crippen LogP contribution in [0.4, 0.5) is 14.5 Å². The fourth-order valence-corrected chi connectivity index (χ4v) is 3.21. The average Bonchev–Trinajstić information content (AvgIpc) is 2.70. The summed E-state index contributed by atoms with van der Waals surface area (Å²) in [6.45, 7) is 3.50. The molecule has 4 rings (SSSR count). The van der Waals surface area contributed by atoms with Gasteiger partial charge in [-0.1, -0.05) is 0 Å². The normalized spacial score (nSPS) is 14.6. The molecule has 1 aromatic carbocycles. The standard InChI is InChI=1S/C19H18F2N4O2/c1-27-16-9-12(8-14(20)19(16)21)15-10-18(26)25-11-13(2-3-17(25)23-15)24-6-4-22-5-7-24/h2-3,8-11,22H,4-7H2,1H3. The van der Waals surface area contributed by atoms with Crippen molar-refractivity contribution in [2.24, 2.45) is 0 Å². The van der Waals surface area contributed by atoms with Crippen molar-refractivity contribution in [2.75, 3.05) is 38.2 Å². The van der Waals surface area contributed by atoms with E-state index in [0.717, 1.165) is 37.9 Å². The van der Waals surface area contributed by atoms with Crippen molar-refractivity contribution in [1.29, 1.82) is 0 Å². The lowest BCUT2D eigenvalue weighted by Gasteiger charge is -2.29. The Morgan fingerprint density at radius 3 is 2.67 bits per heavy atom. The highest BCUT2D eigenvalue weighted by Gasteiger charge is 2.15. The molecule has 1 aliphatic heterocycles. The van der Waals surface area contributed by atoms with Gasteiger partial charge in [0.1, 0.15) is 5.65 Å². The van der Waals surface area contributed by atoms with Gasteiger partial charge in [0.25, 0.3) is 5.56 Å². The number of hydrogen-bond donors (Lipinski definition) is 1. The van der Waals surface area contributed by atoms with Gasteiger partial charge in [0.15, 0.2) is 11.6 Å². The summed E-state index contributed by atoms with van der Waals surface area (Å²) in [4.78, 5) is 19.2. The fraction of sp³-hybridized carbons (Fsp3) is 0.263. The zero-order valence-electron chi connectivity index (χ0n) is 14.7. The molecular weight excluding hydrogens is 354 g/mol. The van der Waals surface area contributed by atoms with E-state index < -0.39 is 11.6 Å². The molecular formula is C19H18F2N4O2. The van der Waals surface area contributed by atoms with Crippen molar-refractivity contribution in [3.63, 3.8) is 0 Å². The first-order chi connectivity index (χ1) is 13.1. The second kappa shape index (κ2) is 6.96. The third kappa shape index (κ3) is 3.23. The number of benzene rings is 1. The number of nitrogens with zero attached hydrogens (tertiary/aromatic N) is 3. The second-order valence-corrected chi connectivity index (χ2v) is 6.31. The summed E-state index contributed by atoms with van der Waals surface area (Å²) in [5.41, 5.74) is 1.61. The highest BCUT2D eigenvalue weighted by Crippen LogP contribution is 2.27. The summed E-state index contributed by atoms with van der Waals surface area (Å²) >= 11 is 0. The molecule has 0 aliphatic carbocycles. The Balaban J connectivity index is 1.78. The number of nitrogens with one attached hydrogen (secondary N) is 1. The lowest BCUT2D eigenvalue weighted by molar-refractivity contribution is 0.372. The van der Waals surface area contributed by atoms with Crippen LogP contribution in [0.2, 0.25) is 0 Å². The van der Waals surface area contributed by atoms with Gasteiger partial charge in [0, 0.05) is 44.0 Å². The Labute approximate surface area is 154 Å². The number of halogens is 2. The molecule has 0 bridgehead atoms. The number of anilines is 1. The molecule has 0 saturated carbocycles. The predicted molar refractivity (Wildman–Crippen MR) is 98.4 cm³/mol. The summed E-state index contributed by atoms with van der Waals surface area (Å²) in [5, 5.41) is 3.29. The molecule has 8 heteroatoms. The first kappa shape index (κ1) is 17.4. The molecule has 6 nitrogen and oxygen atoms in total. The molecule has 1 aliphatic rings. The summed E-state index contributed by atoms with van der Waals surface area (Å²) < 4.78 is 33.8. The van der Waals surface area contributed by atoms with Crippen LogP contribution in [-0.2, 0) is 0 Å². The smallest absolute Gasteiger partial charge is 0.258 e. The molecule has 0 unspecified atom stereocenters. The van der Waals surface area contributed by atoms with Crippen molar-refractivity contribution in [1.82, 2.24) is 14.7 Å². The SMILES string of the molecule is COc1cc(-c2cc(=O)n3cc(N4CCNCC4)ccc3n2)cc(F)c1F. The molecule has 3 aromatic rings. The lowest BCUT2D eigenvalue weighted by Crippen LogP contribution is -2.43. The predicted octanol–water partition coefficient (Wildman–Crippen LogP) is 2.06. The van der Waals surface area contributed by atoms with Crippen LogP contribution in [0.5, 0.6) is 5.75 Å². The van der Waals surface area contributed by atoms with Crippen molar-refractivity contribution >= 4 is 11.3 Å². The third-order valence-electron chi connectivity index (χ3n) is 4.64. The molecule has 27 heavy (non-hydrogen) atoms. The van der Waals surface area contributed by atoms with E-state index in [1.807, 2.05) is 6.07 Å². The summed E-state index contributed by atoms with van der Waals surface area (Å²) in [6, 6.07) is 7.29. The van der Waals surface area contributed by atoms with Crippen molar-refractivity contribution < 1.29 is 13.5 Å². The molecule has 3 heterocycles. The number of ether oxygens (including phenoxy) is 1. The van der Waals surface area contributed by atoms with E-state index in [0.29, 0.717) is 5.65 Å². The molecule has 0 atom stereocenters. The zero-order chi connectivity index (χ0) is 19.0. The molecule has 0 spiro atoms. The number of fused-ring (bicyclic) bond motifs is 1. The Bertz CT molecular complexity index is 1060. The van der Waals surface area contributed by atoms with Crippen LogP contribution in [0.15, 0.2) is 41.3 Å². The van der Waals surface area contributed by atoms with Crippen LogP contribution < -0.4 is 20.5 Å². The quantitative estimate of drug-likeness (QED) is 0.763. The van der Waals surface area contributed by atoms with Gasteiger partial charge < -0.3 is 15.0 Å². The maximum Gasteiger partial charge on any atom is 0.258 e. The highest BCUT2D eigenvalue weighted by atomic mass is 19.2. The van der Waals surface area contributed by atoms with E-state index in [-0.39, 0.29) is 22.6 Å². The van der Waals surface area contributed by atoms with Crippen LogP contribution in [0.1, 0.15) is 0 Å². The van der Waals surface area contributed by atoms with Gasteiger partial charge in [-0.3, -0.25) is 9.20 Å². The van der Waals surface area contributed by atoms with E-state index >= 15 is 0 Å². The minimum absolute atomic E-state index is 0.235. The Hall–Kier alpha value is -3.00. The van der Waals surface area contributed by atoms with Crippen LogP contribution >= 0.6 is 0 Å². The van der Waals surface area contributed by atoms with Crippen LogP contribution in [0, 0.1) is 11.6 Å². The first-order valence-electron chi connectivity index (χ1n) is 8.59. The van der Waals surface area contributed by atoms with Crippen LogP contribution in [-0.4, -0.2) is 42.7 Å². The Morgan fingerprint density at radius 1 is 1.15 bits per heavy atom. The van der Waals surface area contributed by atoms with Gasteiger partial charge in [-0.2, -0.15) is 4.39 Å². The highest BCUT2D eigenvalue weighted by molar-refractivity contribution is 5.64.